The van der Waals surface area contributed by atoms with Gasteiger partial charge in [-0.1, -0.05) is 24.6 Å². The molecule has 7 heteroatoms. The average Bonchev–Trinajstić information content (AvgIpc) is 3.14. The van der Waals surface area contributed by atoms with E-state index >= 15 is 0 Å². The Morgan fingerprint density at radius 3 is 2.28 bits per heavy atom. The van der Waals surface area contributed by atoms with Crippen molar-refractivity contribution in [3.8, 4) is 11.5 Å². The minimum atomic E-state index is -0.722. The van der Waals surface area contributed by atoms with E-state index in [2.05, 4.69) is 0 Å². The molecular formula is C22H20ClNO5. The third kappa shape index (κ3) is 3.53. The molecule has 2 aromatic rings. The lowest BCUT2D eigenvalue weighted by Gasteiger charge is -2.27. The lowest BCUT2D eigenvalue weighted by molar-refractivity contribution is -0.384. The van der Waals surface area contributed by atoms with E-state index < -0.39 is 10.8 Å². The van der Waals surface area contributed by atoms with Crippen molar-refractivity contribution in [1.29, 1.82) is 0 Å². The highest BCUT2D eigenvalue weighted by molar-refractivity contribution is 6.32. The molecule has 2 aromatic carbocycles. The van der Waals surface area contributed by atoms with Crippen LogP contribution >= 0.6 is 11.6 Å². The quantitative estimate of drug-likeness (QED) is 0.379. The van der Waals surface area contributed by atoms with Crippen LogP contribution in [0.4, 0.5) is 5.69 Å². The van der Waals surface area contributed by atoms with Crippen LogP contribution in [0.25, 0.3) is 0 Å². The monoisotopic (exact) mass is 413 g/mol. The Morgan fingerprint density at radius 2 is 1.69 bits per heavy atom. The number of benzene rings is 2. The van der Waals surface area contributed by atoms with Crippen LogP contribution in [0.15, 0.2) is 36.4 Å². The van der Waals surface area contributed by atoms with Crippen molar-refractivity contribution < 1.29 is 19.2 Å². The second kappa shape index (κ2) is 7.59. The number of carbonyl (C=O) groups is 2. The molecule has 150 valence electrons. The van der Waals surface area contributed by atoms with Gasteiger partial charge in [0.25, 0.3) is 5.69 Å². The summed E-state index contributed by atoms with van der Waals surface area (Å²) in [6, 6.07) is 9.52. The van der Waals surface area contributed by atoms with E-state index in [-0.39, 0.29) is 34.1 Å². The van der Waals surface area contributed by atoms with Gasteiger partial charge < -0.3 is 4.74 Å². The zero-order valence-electron chi connectivity index (χ0n) is 15.9. The summed E-state index contributed by atoms with van der Waals surface area (Å²) in [4.78, 5) is 36.2. The number of carbonyl (C=O) groups excluding carboxylic acids is 2. The molecule has 0 aliphatic heterocycles. The summed E-state index contributed by atoms with van der Waals surface area (Å²) in [5.74, 6) is 0.0804. The first-order valence-electron chi connectivity index (χ1n) is 9.71. The molecule has 0 N–H and O–H groups in total. The number of nitro groups is 1. The fourth-order valence-corrected chi connectivity index (χ4v) is 4.72. The van der Waals surface area contributed by atoms with Crippen molar-refractivity contribution in [1.82, 2.24) is 0 Å². The van der Waals surface area contributed by atoms with Gasteiger partial charge in [0.15, 0.2) is 11.6 Å². The van der Waals surface area contributed by atoms with E-state index in [1.807, 2.05) is 13.0 Å². The Bertz CT molecular complexity index is 996. The Kier molecular flexibility index (Phi) is 5.13. The fourth-order valence-electron chi connectivity index (χ4n) is 4.48. The largest absolute Gasteiger partial charge is 0.457 e. The summed E-state index contributed by atoms with van der Waals surface area (Å²) in [5.41, 5.74) is 1.46. The summed E-state index contributed by atoms with van der Waals surface area (Å²) < 4.78 is 5.84. The second-order valence-corrected chi connectivity index (χ2v) is 8.04. The molecule has 0 aromatic heterocycles. The van der Waals surface area contributed by atoms with Crippen molar-refractivity contribution >= 4 is 28.9 Å². The van der Waals surface area contributed by atoms with Crippen LogP contribution in [-0.4, -0.2) is 16.5 Å². The number of nitro benzene ring substituents is 1. The Morgan fingerprint density at radius 1 is 1.07 bits per heavy atom. The molecular weight excluding hydrogens is 394 g/mol. The first-order valence-corrected chi connectivity index (χ1v) is 10.1. The van der Waals surface area contributed by atoms with Crippen LogP contribution in [-0.2, 0) is 16.0 Å². The van der Waals surface area contributed by atoms with Gasteiger partial charge in [0.05, 0.1) is 4.92 Å². The molecule has 29 heavy (non-hydrogen) atoms. The molecule has 2 bridgehead atoms. The number of halogens is 1. The van der Waals surface area contributed by atoms with E-state index in [9.17, 15) is 19.7 Å². The van der Waals surface area contributed by atoms with Gasteiger partial charge in [-0.25, -0.2) is 0 Å². The average molecular weight is 414 g/mol. The van der Waals surface area contributed by atoms with Crippen LogP contribution in [0.1, 0.15) is 43.2 Å². The fraction of sp³-hybridized carbons (Fsp3) is 0.364. The van der Waals surface area contributed by atoms with Gasteiger partial charge in [-0.05, 0) is 55.0 Å². The number of ether oxygens (including phenoxy) is 1. The van der Waals surface area contributed by atoms with E-state index in [4.69, 9.17) is 16.3 Å². The van der Waals surface area contributed by atoms with Crippen molar-refractivity contribution in [2.45, 2.75) is 38.5 Å². The molecule has 0 radical (unpaired) electrons. The first-order chi connectivity index (χ1) is 13.9. The van der Waals surface area contributed by atoms with Gasteiger partial charge in [-0.15, -0.1) is 0 Å². The standard InChI is InChI=1S/C22H20ClNO5/c1-2-12-5-6-15(29-16-7-8-19(24(27)28)18(23)11-16)10-17(12)20-21(25)13-3-4-14(9-13)22(20)26/h5-8,10-11,13-14,20H,2-4,9H2,1H3/t13-,14+,20?. The highest BCUT2D eigenvalue weighted by atomic mass is 35.5. The van der Waals surface area contributed by atoms with Crippen molar-refractivity contribution in [2.24, 2.45) is 11.8 Å². The lowest BCUT2D eigenvalue weighted by atomic mass is 9.74. The summed E-state index contributed by atoms with van der Waals surface area (Å²) in [5, 5.41) is 10.9. The topological polar surface area (TPSA) is 86.5 Å². The van der Waals surface area contributed by atoms with E-state index in [1.54, 1.807) is 12.1 Å². The highest BCUT2D eigenvalue weighted by Gasteiger charge is 2.47. The first kappa shape index (κ1) is 19.6. The number of fused-ring (bicyclic) bond motifs is 2. The maximum atomic E-state index is 12.9. The van der Waals surface area contributed by atoms with E-state index in [0.717, 1.165) is 18.4 Å². The van der Waals surface area contributed by atoms with E-state index in [1.165, 1.54) is 18.2 Å². The Balaban J connectivity index is 1.67. The van der Waals surface area contributed by atoms with Crippen LogP contribution in [0.3, 0.4) is 0 Å². The SMILES string of the molecule is CCc1ccc(Oc2ccc([N+](=O)[O-])c(Cl)c2)cc1C1C(=O)[C@@H]2CC[C@@H](C2)C1=O. The van der Waals surface area contributed by atoms with Gasteiger partial charge in [-0.2, -0.15) is 0 Å². The third-order valence-corrected chi connectivity index (χ3v) is 6.27. The Hall–Kier alpha value is -2.73. The van der Waals surface area contributed by atoms with E-state index in [0.29, 0.717) is 29.9 Å². The normalized spacial score (nSPS) is 23.3. The zero-order chi connectivity index (χ0) is 20.7. The van der Waals surface area contributed by atoms with Gasteiger partial charge in [0.1, 0.15) is 22.4 Å². The number of hydrogen-bond donors (Lipinski definition) is 0. The molecule has 0 spiro atoms. The second-order valence-electron chi connectivity index (χ2n) is 7.63. The maximum Gasteiger partial charge on any atom is 0.288 e. The van der Waals surface area contributed by atoms with Gasteiger partial charge >= 0.3 is 0 Å². The van der Waals surface area contributed by atoms with Crippen LogP contribution < -0.4 is 4.74 Å². The number of hydrogen-bond acceptors (Lipinski definition) is 5. The predicted octanol–water partition coefficient (Wildman–Crippen LogP) is 5.25. The van der Waals surface area contributed by atoms with Crippen LogP contribution in [0, 0.1) is 22.0 Å². The molecule has 2 saturated carbocycles. The Labute approximate surface area is 173 Å². The maximum absolute atomic E-state index is 12.9. The van der Waals surface area contributed by atoms with Gasteiger partial charge in [0.2, 0.25) is 0 Å². The number of aryl methyl sites for hydroxylation is 1. The van der Waals surface area contributed by atoms with Crippen LogP contribution in [0.5, 0.6) is 11.5 Å². The number of Topliss-reactive ketones (excluding diaryl/α,β-unsaturated/α-hetero) is 2. The molecule has 0 heterocycles. The highest BCUT2D eigenvalue weighted by Crippen LogP contribution is 2.45. The molecule has 0 saturated heterocycles. The number of ketones is 2. The zero-order valence-corrected chi connectivity index (χ0v) is 16.6. The van der Waals surface area contributed by atoms with Crippen molar-refractivity contribution in [3.05, 3.63) is 62.7 Å². The van der Waals surface area contributed by atoms with Gasteiger partial charge in [-0.3, -0.25) is 19.7 Å². The molecule has 2 aliphatic rings. The number of nitrogens with zero attached hydrogens (tertiary/aromatic N) is 1. The lowest BCUT2D eigenvalue weighted by Crippen LogP contribution is -2.35. The number of rotatable bonds is 5. The molecule has 2 aliphatic carbocycles. The molecule has 3 atom stereocenters. The molecule has 2 fully saturated rings. The minimum Gasteiger partial charge on any atom is -0.457 e. The minimum absolute atomic E-state index is 0.0212. The van der Waals surface area contributed by atoms with Crippen molar-refractivity contribution in [2.75, 3.05) is 0 Å². The van der Waals surface area contributed by atoms with Crippen LogP contribution in [0.2, 0.25) is 5.02 Å². The predicted molar refractivity (Wildman–Crippen MR) is 108 cm³/mol. The molecule has 0 amide bonds. The summed E-state index contributed by atoms with van der Waals surface area (Å²) >= 11 is 5.96. The smallest absolute Gasteiger partial charge is 0.288 e. The summed E-state index contributed by atoms with van der Waals surface area (Å²) in [7, 11) is 0. The summed E-state index contributed by atoms with van der Waals surface area (Å²) in [6.45, 7) is 1.99. The summed E-state index contributed by atoms with van der Waals surface area (Å²) in [6.07, 6.45) is 2.98. The molecule has 4 rings (SSSR count). The molecule has 1 unspecified atom stereocenters. The van der Waals surface area contributed by atoms with Gasteiger partial charge in [0, 0.05) is 24.0 Å². The molecule has 6 nitrogen and oxygen atoms in total. The third-order valence-electron chi connectivity index (χ3n) is 5.97. The van der Waals surface area contributed by atoms with Crippen molar-refractivity contribution in [3.63, 3.8) is 0 Å².